The first-order valence-corrected chi connectivity index (χ1v) is 2.85. The normalized spacial score (nSPS) is 11.1. The Morgan fingerprint density at radius 3 is 2.67 bits per heavy atom. The Labute approximate surface area is 55.0 Å². The van der Waals surface area contributed by atoms with E-state index in [1.807, 2.05) is 6.92 Å². The average Bonchev–Trinajstić information content (AvgIpc) is 1.87. The summed E-state index contributed by atoms with van der Waals surface area (Å²) in [7, 11) is 0. The fourth-order valence-corrected chi connectivity index (χ4v) is 0.359. The van der Waals surface area contributed by atoms with Crippen LogP contribution in [-0.4, -0.2) is 12.5 Å². The lowest BCUT2D eigenvalue weighted by Gasteiger charge is -2.02. The van der Waals surface area contributed by atoms with Crippen molar-refractivity contribution in [2.24, 2.45) is 5.73 Å². The smallest absolute Gasteiger partial charge is 0.229 e. The number of ether oxygens (including phenoxy) is 1. The summed E-state index contributed by atoms with van der Waals surface area (Å²) in [6.45, 7) is 4.08. The van der Waals surface area contributed by atoms with Crippen LogP contribution in [0.1, 0.15) is 13.8 Å². The van der Waals surface area contributed by atoms with Gasteiger partial charge in [-0.15, -0.1) is 0 Å². The summed E-state index contributed by atoms with van der Waals surface area (Å²) in [5, 5.41) is 7.08. The lowest BCUT2D eigenvalue weighted by Crippen LogP contribution is -2.13. The van der Waals surface area contributed by atoms with Crippen molar-refractivity contribution in [3.8, 4) is 0 Å². The molecule has 0 unspecified atom stereocenters. The molecule has 0 aliphatic rings. The van der Waals surface area contributed by atoms with E-state index >= 15 is 0 Å². The van der Waals surface area contributed by atoms with Crippen LogP contribution >= 0.6 is 0 Å². The van der Waals surface area contributed by atoms with Crippen LogP contribution in [0.4, 0.5) is 0 Å². The first-order chi connectivity index (χ1) is 4.22. The van der Waals surface area contributed by atoms with E-state index in [0.29, 0.717) is 12.3 Å². The Kier molecular flexibility index (Phi) is 3.51. The minimum absolute atomic E-state index is 0.0556. The van der Waals surface area contributed by atoms with Gasteiger partial charge < -0.3 is 10.5 Å². The van der Waals surface area contributed by atoms with Gasteiger partial charge in [-0.2, -0.15) is 0 Å². The van der Waals surface area contributed by atoms with E-state index in [4.69, 9.17) is 15.9 Å². The number of nitrogens with one attached hydrogen (secondary N) is 1. The molecule has 0 aliphatic heterocycles. The van der Waals surface area contributed by atoms with E-state index in [-0.39, 0.29) is 5.90 Å². The zero-order valence-corrected chi connectivity index (χ0v) is 5.77. The van der Waals surface area contributed by atoms with Gasteiger partial charge in [-0.1, -0.05) is 6.08 Å². The third kappa shape index (κ3) is 2.74. The van der Waals surface area contributed by atoms with E-state index in [1.165, 1.54) is 0 Å². The van der Waals surface area contributed by atoms with Crippen LogP contribution in [0.2, 0.25) is 0 Å². The molecule has 0 spiro atoms. The Balaban J connectivity index is 3.74. The van der Waals surface area contributed by atoms with Crippen LogP contribution in [0.5, 0.6) is 0 Å². The Hall–Kier alpha value is -0.990. The molecule has 3 N–H and O–H groups in total. The largest absolute Gasteiger partial charge is 0.477 e. The van der Waals surface area contributed by atoms with Crippen molar-refractivity contribution in [3.05, 3.63) is 11.8 Å². The molecule has 0 rings (SSSR count). The van der Waals surface area contributed by atoms with Crippen molar-refractivity contribution in [3.63, 3.8) is 0 Å². The summed E-state index contributed by atoms with van der Waals surface area (Å²) in [5.41, 5.74) is 5.70. The molecule has 0 fully saturated rings. The first-order valence-electron chi connectivity index (χ1n) is 2.85. The van der Waals surface area contributed by atoms with Crippen molar-refractivity contribution in [2.75, 3.05) is 6.61 Å². The van der Waals surface area contributed by atoms with Crippen LogP contribution in [0.25, 0.3) is 0 Å². The molecule has 3 heteroatoms. The molecular weight excluding hydrogens is 116 g/mol. The minimum atomic E-state index is 0.0556. The summed E-state index contributed by atoms with van der Waals surface area (Å²) in [6.07, 6.45) is 1.64. The summed E-state index contributed by atoms with van der Waals surface area (Å²) in [6, 6.07) is 0. The second-order valence-corrected chi connectivity index (χ2v) is 1.51. The quantitative estimate of drug-likeness (QED) is 0.428. The first kappa shape index (κ1) is 8.01. The number of nitrogens with two attached hydrogens (primary N) is 1. The van der Waals surface area contributed by atoms with Crippen molar-refractivity contribution < 1.29 is 4.74 Å². The predicted octanol–water partition coefficient (Wildman–Crippen LogP) is 0.863. The van der Waals surface area contributed by atoms with Gasteiger partial charge >= 0.3 is 0 Å². The standard InChI is InChI=1S/C6H12N2O/c1-3-5(7)6(8)9-4-2/h3,8H,4,7H2,1-2H3/b5-3-,8-6?. The lowest BCUT2D eigenvalue weighted by molar-refractivity contribution is 0.324. The molecule has 0 bridgehead atoms. The van der Waals surface area contributed by atoms with Crippen molar-refractivity contribution in [2.45, 2.75) is 13.8 Å². The van der Waals surface area contributed by atoms with Crippen LogP contribution in [0.15, 0.2) is 11.8 Å². The van der Waals surface area contributed by atoms with Crippen molar-refractivity contribution in [1.29, 1.82) is 5.41 Å². The highest BCUT2D eigenvalue weighted by Gasteiger charge is 1.96. The SMILES string of the molecule is C/C=C(\N)C(=N)OCC. The van der Waals surface area contributed by atoms with Crippen molar-refractivity contribution >= 4 is 5.90 Å². The third-order valence-corrected chi connectivity index (χ3v) is 0.862. The van der Waals surface area contributed by atoms with Gasteiger partial charge in [0.2, 0.25) is 5.90 Å². The highest BCUT2D eigenvalue weighted by atomic mass is 16.5. The molecule has 0 heterocycles. The number of hydrogen-bond donors (Lipinski definition) is 2. The van der Waals surface area contributed by atoms with Gasteiger partial charge in [0.05, 0.1) is 12.3 Å². The molecule has 0 aromatic rings. The summed E-state index contributed by atoms with van der Waals surface area (Å²) in [4.78, 5) is 0. The van der Waals surface area contributed by atoms with Gasteiger partial charge in [0, 0.05) is 0 Å². The Morgan fingerprint density at radius 1 is 1.78 bits per heavy atom. The molecule has 0 atom stereocenters. The second-order valence-electron chi connectivity index (χ2n) is 1.51. The van der Waals surface area contributed by atoms with Crippen molar-refractivity contribution in [1.82, 2.24) is 0 Å². The van der Waals surface area contributed by atoms with E-state index in [1.54, 1.807) is 13.0 Å². The van der Waals surface area contributed by atoms with Gasteiger partial charge in [0.15, 0.2) is 0 Å². The zero-order valence-electron chi connectivity index (χ0n) is 5.77. The molecule has 0 aliphatic carbocycles. The topological polar surface area (TPSA) is 59.1 Å². The molecule has 9 heavy (non-hydrogen) atoms. The van der Waals surface area contributed by atoms with Gasteiger partial charge in [-0.25, -0.2) is 0 Å². The fourth-order valence-electron chi connectivity index (χ4n) is 0.359. The highest BCUT2D eigenvalue weighted by Crippen LogP contribution is 1.87. The maximum absolute atomic E-state index is 7.08. The molecule has 0 saturated carbocycles. The summed E-state index contributed by atoms with van der Waals surface area (Å²) < 4.78 is 4.78. The fraction of sp³-hybridized carbons (Fsp3) is 0.500. The van der Waals surface area contributed by atoms with E-state index in [2.05, 4.69) is 0 Å². The molecule has 0 saturated heterocycles. The number of rotatable bonds is 2. The van der Waals surface area contributed by atoms with E-state index < -0.39 is 0 Å². The van der Waals surface area contributed by atoms with E-state index in [9.17, 15) is 0 Å². The van der Waals surface area contributed by atoms with Crippen LogP contribution in [0.3, 0.4) is 0 Å². The van der Waals surface area contributed by atoms with E-state index in [0.717, 1.165) is 0 Å². The number of hydrogen-bond acceptors (Lipinski definition) is 3. The Bertz CT molecular complexity index is 129. The maximum Gasteiger partial charge on any atom is 0.229 e. The van der Waals surface area contributed by atoms with Gasteiger partial charge in [0.1, 0.15) is 0 Å². The summed E-state index contributed by atoms with van der Waals surface area (Å²) >= 11 is 0. The summed E-state index contributed by atoms with van der Waals surface area (Å²) in [5.74, 6) is 0.0556. The molecule has 3 nitrogen and oxygen atoms in total. The van der Waals surface area contributed by atoms with Gasteiger partial charge in [-0.3, -0.25) is 5.41 Å². The maximum atomic E-state index is 7.08. The molecule has 0 radical (unpaired) electrons. The average molecular weight is 128 g/mol. The molecule has 0 aromatic heterocycles. The second kappa shape index (κ2) is 3.95. The van der Waals surface area contributed by atoms with Gasteiger partial charge in [0.25, 0.3) is 0 Å². The monoisotopic (exact) mass is 128 g/mol. The zero-order chi connectivity index (χ0) is 7.28. The minimum Gasteiger partial charge on any atom is -0.477 e. The lowest BCUT2D eigenvalue weighted by atomic mass is 10.4. The molecule has 0 aromatic carbocycles. The van der Waals surface area contributed by atoms with Gasteiger partial charge in [-0.05, 0) is 13.8 Å². The van der Waals surface area contributed by atoms with Crippen LogP contribution < -0.4 is 5.73 Å². The Morgan fingerprint density at radius 2 is 2.33 bits per heavy atom. The molecule has 52 valence electrons. The molecule has 0 amide bonds. The third-order valence-electron chi connectivity index (χ3n) is 0.862. The highest BCUT2D eigenvalue weighted by molar-refractivity contribution is 5.89. The predicted molar refractivity (Wildman–Crippen MR) is 37.3 cm³/mol. The molecular formula is C6H12N2O. The van der Waals surface area contributed by atoms with Crippen LogP contribution in [0, 0.1) is 5.41 Å². The van der Waals surface area contributed by atoms with Crippen LogP contribution in [-0.2, 0) is 4.74 Å². The number of allylic oxidation sites excluding steroid dienone is 1.